The summed E-state index contributed by atoms with van der Waals surface area (Å²) in [4.78, 5) is 72.9. The number of unbranched alkanes of at least 4 members (excludes halogenated alkanes) is 46. The fourth-order valence-electron chi connectivity index (χ4n) is 11.3. The Morgan fingerprint density at radius 2 is 0.479 bits per heavy atom. The lowest BCUT2D eigenvalue weighted by molar-refractivity contribution is -0.161. The number of phosphoric ester groups is 2. The molecule has 19 heteroatoms. The van der Waals surface area contributed by atoms with Gasteiger partial charge in [-0.25, -0.2) is 9.13 Å². The molecular weight excluding hydrogens is 1260 g/mol. The summed E-state index contributed by atoms with van der Waals surface area (Å²) >= 11 is 0. The summed E-state index contributed by atoms with van der Waals surface area (Å²) in [7, 11) is -9.92. The van der Waals surface area contributed by atoms with Gasteiger partial charge in [-0.15, -0.1) is 0 Å². The summed E-state index contributed by atoms with van der Waals surface area (Å²) < 4.78 is 68.5. The lowest BCUT2D eigenvalue weighted by Crippen LogP contribution is -2.30. The van der Waals surface area contributed by atoms with Crippen LogP contribution in [0.1, 0.15) is 387 Å². The van der Waals surface area contributed by atoms with E-state index in [0.29, 0.717) is 25.7 Å². The van der Waals surface area contributed by atoms with Gasteiger partial charge in [0.15, 0.2) is 12.2 Å². The number of aliphatic hydroxyl groups excluding tert-OH is 1. The summed E-state index contributed by atoms with van der Waals surface area (Å²) in [6, 6.07) is 0. The van der Waals surface area contributed by atoms with Crippen molar-refractivity contribution >= 4 is 39.5 Å². The first-order valence-electron chi connectivity index (χ1n) is 39.6. The second kappa shape index (κ2) is 71.0. The van der Waals surface area contributed by atoms with E-state index in [9.17, 15) is 43.2 Å². The number of hydrogen-bond donors (Lipinski definition) is 3. The van der Waals surface area contributed by atoms with Crippen molar-refractivity contribution < 1.29 is 80.2 Å². The molecule has 0 aliphatic rings. The number of hydrogen-bond acceptors (Lipinski definition) is 15. The third-order valence-electron chi connectivity index (χ3n) is 17.4. The molecule has 0 rings (SSSR count). The van der Waals surface area contributed by atoms with Crippen molar-refractivity contribution in [1.82, 2.24) is 0 Å². The smallest absolute Gasteiger partial charge is 0.462 e. The molecule has 0 fully saturated rings. The number of allylic oxidation sites excluding steroid dienone is 4. The molecule has 96 heavy (non-hydrogen) atoms. The molecule has 0 aromatic carbocycles. The third-order valence-corrected chi connectivity index (χ3v) is 19.3. The highest BCUT2D eigenvalue weighted by Crippen LogP contribution is 2.45. The van der Waals surface area contributed by atoms with E-state index in [4.69, 9.17) is 37.0 Å². The minimum absolute atomic E-state index is 0.0938. The fourth-order valence-corrected chi connectivity index (χ4v) is 12.9. The van der Waals surface area contributed by atoms with E-state index in [1.165, 1.54) is 186 Å². The second-order valence-electron chi connectivity index (χ2n) is 27.0. The lowest BCUT2D eigenvalue weighted by atomic mass is 10.0. The first-order chi connectivity index (χ1) is 46.7. The van der Waals surface area contributed by atoms with Crippen LogP contribution in [0.15, 0.2) is 24.3 Å². The fraction of sp³-hybridized carbons (Fsp3) is 0.896. The molecule has 0 aromatic rings. The van der Waals surface area contributed by atoms with Crippen molar-refractivity contribution in [3.63, 3.8) is 0 Å². The van der Waals surface area contributed by atoms with Crippen molar-refractivity contribution in [3.8, 4) is 0 Å². The van der Waals surface area contributed by atoms with Crippen LogP contribution in [0.25, 0.3) is 0 Å². The molecule has 0 bridgehead atoms. The monoisotopic (exact) mass is 1410 g/mol. The number of rotatable bonds is 76. The summed E-state index contributed by atoms with van der Waals surface area (Å²) in [5.74, 6) is -2.14. The minimum Gasteiger partial charge on any atom is -0.462 e. The zero-order valence-corrected chi connectivity index (χ0v) is 63.6. The van der Waals surface area contributed by atoms with Gasteiger partial charge in [0.2, 0.25) is 0 Å². The number of ether oxygens (including phenoxy) is 4. The Morgan fingerprint density at radius 3 is 0.719 bits per heavy atom. The molecule has 566 valence electrons. The van der Waals surface area contributed by atoms with E-state index < -0.39 is 97.5 Å². The molecule has 0 saturated heterocycles. The summed E-state index contributed by atoms with van der Waals surface area (Å²) in [5, 5.41) is 10.6. The highest BCUT2D eigenvalue weighted by molar-refractivity contribution is 7.47. The van der Waals surface area contributed by atoms with Crippen LogP contribution in [-0.4, -0.2) is 96.7 Å². The number of esters is 4. The first kappa shape index (κ1) is 93.5. The topological polar surface area (TPSA) is 237 Å². The zero-order valence-electron chi connectivity index (χ0n) is 61.8. The second-order valence-corrected chi connectivity index (χ2v) is 29.9. The zero-order chi connectivity index (χ0) is 70.4. The maximum Gasteiger partial charge on any atom is 0.472 e. The molecule has 3 N–H and O–H groups in total. The van der Waals surface area contributed by atoms with Crippen LogP contribution in [-0.2, 0) is 65.4 Å². The number of carbonyl (C=O) groups is 4. The molecule has 0 radical (unpaired) electrons. The third kappa shape index (κ3) is 70.0. The van der Waals surface area contributed by atoms with Crippen molar-refractivity contribution in [2.24, 2.45) is 0 Å². The molecule has 0 aliphatic heterocycles. The Labute approximate surface area is 586 Å². The highest BCUT2D eigenvalue weighted by atomic mass is 31.2. The van der Waals surface area contributed by atoms with Crippen molar-refractivity contribution in [1.29, 1.82) is 0 Å². The average molecular weight is 1410 g/mol. The summed E-state index contributed by atoms with van der Waals surface area (Å²) in [6.07, 6.45) is 64.4. The minimum atomic E-state index is -4.96. The van der Waals surface area contributed by atoms with Gasteiger partial charge in [0.25, 0.3) is 0 Å². The molecule has 0 spiro atoms. The van der Waals surface area contributed by atoms with E-state index >= 15 is 0 Å². The van der Waals surface area contributed by atoms with Gasteiger partial charge in [0, 0.05) is 25.7 Å². The van der Waals surface area contributed by atoms with Gasteiger partial charge in [-0.1, -0.05) is 309 Å². The van der Waals surface area contributed by atoms with Crippen LogP contribution in [0, 0.1) is 0 Å². The Kier molecular flexibility index (Phi) is 69.1. The molecule has 5 atom stereocenters. The average Bonchev–Trinajstić information content (AvgIpc) is 1.17. The largest absolute Gasteiger partial charge is 0.472 e. The van der Waals surface area contributed by atoms with Crippen LogP contribution in [0.5, 0.6) is 0 Å². The van der Waals surface area contributed by atoms with E-state index in [1.807, 2.05) is 0 Å². The van der Waals surface area contributed by atoms with E-state index in [2.05, 4.69) is 52.0 Å². The maximum absolute atomic E-state index is 13.1. The quantitative estimate of drug-likeness (QED) is 0.0169. The van der Waals surface area contributed by atoms with E-state index in [1.54, 1.807) is 0 Å². The molecule has 2 unspecified atom stereocenters. The van der Waals surface area contributed by atoms with Crippen molar-refractivity contribution in [2.75, 3.05) is 39.6 Å². The normalized spacial score (nSPS) is 14.0. The number of carbonyl (C=O) groups excluding carboxylic acids is 4. The molecule has 0 aromatic heterocycles. The Balaban J connectivity index is 5.30. The molecule has 17 nitrogen and oxygen atoms in total. The molecule has 0 amide bonds. The van der Waals surface area contributed by atoms with Crippen LogP contribution in [0.3, 0.4) is 0 Å². The molecule has 0 aliphatic carbocycles. The Hall–Kier alpha value is -2.46. The summed E-state index contributed by atoms with van der Waals surface area (Å²) in [6.45, 7) is 4.94. The Bertz CT molecular complexity index is 1920. The maximum atomic E-state index is 13.1. The first-order valence-corrected chi connectivity index (χ1v) is 42.6. The Morgan fingerprint density at radius 1 is 0.281 bits per heavy atom. The number of phosphoric acid groups is 2. The van der Waals surface area contributed by atoms with Crippen molar-refractivity contribution in [2.45, 2.75) is 406 Å². The van der Waals surface area contributed by atoms with E-state index in [-0.39, 0.29) is 25.7 Å². The highest BCUT2D eigenvalue weighted by Gasteiger charge is 2.30. The van der Waals surface area contributed by atoms with Gasteiger partial charge in [0.05, 0.1) is 26.4 Å². The van der Waals surface area contributed by atoms with Crippen LogP contribution < -0.4 is 0 Å². The van der Waals surface area contributed by atoms with Crippen LogP contribution in [0.4, 0.5) is 0 Å². The molecule has 0 saturated carbocycles. The predicted octanol–water partition coefficient (Wildman–Crippen LogP) is 22.6. The van der Waals surface area contributed by atoms with Crippen LogP contribution in [0.2, 0.25) is 0 Å². The molecule has 0 heterocycles. The number of aliphatic hydroxyl groups is 1. The van der Waals surface area contributed by atoms with E-state index in [0.717, 1.165) is 122 Å². The van der Waals surface area contributed by atoms with Gasteiger partial charge >= 0.3 is 39.5 Å². The van der Waals surface area contributed by atoms with Gasteiger partial charge < -0.3 is 33.8 Å². The van der Waals surface area contributed by atoms with Gasteiger partial charge in [-0.2, -0.15) is 0 Å². The summed E-state index contributed by atoms with van der Waals surface area (Å²) in [5.41, 5.74) is 0. The van der Waals surface area contributed by atoms with Gasteiger partial charge in [0.1, 0.15) is 19.3 Å². The van der Waals surface area contributed by atoms with Gasteiger partial charge in [-0.3, -0.25) is 37.3 Å². The molecular formula is C77H146O17P2. The lowest BCUT2D eigenvalue weighted by Gasteiger charge is -2.21. The van der Waals surface area contributed by atoms with Gasteiger partial charge in [-0.05, 0) is 77.0 Å². The SMILES string of the molecule is CCCCCCCC/C=C\CCCCCCCC(=O)OC[C@H](COP(=O)(O)OC[C@@H](O)COP(=O)(O)OC[C@@H](COC(=O)CCCCCCCCCCCCCCC)OC(=O)CCCCCCC/C=C\CCCCCCCC)OC(=O)CCCCCCCCCCCCCCC. The standard InChI is InChI=1S/C77H146O17P2/c1-5-9-13-17-21-25-29-33-35-39-42-46-50-54-58-62-75(80)88-68-72(93-76(81)63-59-55-51-47-43-38-32-28-24-20-16-12-8-4)69-91-95(83,84)89-65-71(78)66-90-96(85,86)92-70-73(67-87-74(79)61-57-53-49-45-41-37-31-27-23-19-15-11-7-3)94-77(82)64-60-56-52-48-44-40-36-34-30-26-22-18-14-10-6-2/h33-36,71-73,78H,5-32,37-70H2,1-4H3,(H,83,84)(H,85,86)/b35-33-,36-34-/t71-,72-,73-/m1/s1. The predicted molar refractivity (Wildman–Crippen MR) is 391 cm³/mol. The van der Waals surface area contributed by atoms with Crippen molar-refractivity contribution in [3.05, 3.63) is 24.3 Å². The van der Waals surface area contributed by atoms with Crippen LogP contribution >= 0.6 is 15.6 Å².